The first-order valence-corrected chi connectivity index (χ1v) is 6.82. The second-order valence-electron chi connectivity index (χ2n) is 4.97. The summed E-state index contributed by atoms with van der Waals surface area (Å²) < 4.78 is 11.8. The molecule has 0 amide bonds. The summed E-state index contributed by atoms with van der Waals surface area (Å²) in [7, 11) is 0. The van der Waals surface area contributed by atoms with Gasteiger partial charge in [0.2, 0.25) is 11.7 Å². The Morgan fingerprint density at radius 3 is 2.74 bits per heavy atom. The van der Waals surface area contributed by atoms with Crippen LogP contribution in [0, 0.1) is 0 Å². The molecule has 1 aliphatic heterocycles. The predicted octanol–water partition coefficient (Wildman–Crippen LogP) is 2.11. The number of hydrogen-bond donors (Lipinski definition) is 1. The van der Waals surface area contributed by atoms with Gasteiger partial charge in [0.05, 0.1) is 18.6 Å². The molecule has 0 bridgehead atoms. The third-order valence-corrected chi connectivity index (χ3v) is 4.06. The fraction of sp³-hybridized carbons (Fsp3) is 0.385. The Hall–Kier alpha value is -1.24. The average Bonchev–Trinajstić information content (AvgIpc) is 3.00. The highest BCUT2D eigenvalue weighted by atomic mass is 79.9. The third-order valence-electron chi connectivity index (χ3n) is 3.53. The van der Waals surface area contributed by atoms with Crippen LogP contribution >= 0.6 is 15.9 Å². The minimum atomic E-state index is -0.402. The Morgan fingerprint density at radius 1 is 1.37 bits per heavy atom. The van der Waals surface area contributed by atoms with Crippen LogP contribution in [0.3, 0.4) is 0 Å². The Labute approximate surface area is 119 Å². The van der Waals surface area contributed by atoms with E-state index in [0.717, 1.165) is 10.0 Å². The first kappa shape index (κ1) is 12.8. The summed E-state index contributed by atoms with van der Waals surface area (Å²) in [6, 6.07) is 7.64. The Balaban J connectivity index is 1.93. The second-order valence-corrected chi connectivity index (χ2v) is 5.88. The summed E-state index contributed by atoms with van der Waals surface area (Å²) in [4.78, 5) is 4.46. The molecule has 0 saturated carbocycles. The van der Waals surface area contributed by atoms with Gasteiger partial charge in [-0.15, -0.1) is 0 Å². The molecule has 100 valence electrons. The van der Waals surface area contributed by atoms with E-state index < -0.39 is 5.41 Å². The summed E-state index contributed by atoms with van der Waals surface area (Å²) in [6.45, 7) is 3.02. The standard InChI is InChI=1S/C13H14BrN3O2/c1-13(7-18-6-10(13)15)12-16-11(17-19-12)8-2-4-9(14)5-3-8/h2-5,10H,6-7,15H2,1H3. The van der Waals surface area contributed by atoms with Crippen LogP contribution in [0.1, 0.15) is 12.8 Å². The molecule has 3 rings (SSSR count). The van der Waals surface area contributed by atoms with Gasteiger partial charge >= 0.3 is 0 Å². The van der Waals surface area contributed by atoms with Crippen molar-refractivity contribution in [3.8, 4) is 11.4 Å². The minimum Gasteiger partial charge on any atom is -0.379 e. The molecule has 1 aromatic carbocycles. The van der Waals surface area contributed by atoms with E-state index in [2.05, 4.69) is 26.1 Å². The van der Waals surface area contributed by atoms with Crippen molar-refractivity contribution in [3.05, 3.63) is 34.6 Å². The summed E-state index contributed by atoms with van der Waals surface area (Å²) in [5.41, 5.74) is 6.56. The van der Waals surface area contributed by atoms with Crippen LogP contribution in [0.25, 0.3) is 11.4 Å². The Bertz CT molecular complexity index is 584. The van der Waals surface area contributed by atoms with Gasteiger partial charge in [0.15, 0.2) is 0 Å². The van der Waals surface area contributed by atoms with E-state index in [-0.39, 0.29) is 6.04 Å². The Kier molecular flexibility index (Phi) is 3.16. The molecule has 6 heteroatoms. The maximum atomic E-state index is 6.05. The van der Waals surface area contributed by atoms with Gasteiger partial charge in [-0.1, -0.05) is 21.1 Å². The Morgan fingerprint density at radius 2 is 2.11 bits per heavy atom. The highest BCUT2D eigenvalue weighted by Gasteiger charge is 2.44. The van der Waals surface area contributed by atoms with E-state index in [0.29, 0.717) is 24.9 Å². The van der Waals surface area contributed by atoms with Gasteiger partial charge in [0, 0.05) is 16.1 Å². The van der Waals surface area contributed by atoms with E-state index in [1.165, 1.54) is 0 Å². The van der Waals surface area contributed by atoms with Crippen molar-refractivity contribution in [1.82, 2.24) is 10.1 Å². The van der Waals surface area contributed by atoms with Gasteiger partial charge < -0.3 is 15.0 Å². The number of halogens is 1. The van der Waals surface area contributed by atoms with Crippen LogP contribution < -0.4 is 5.73 Å². The van der Waals surface area contributed by atoms with Crippen molar-refractivity contribution in [3.63, 3.8) is 0 Å². The van der Waals surface area contributed by atoms with Gasteiger partial charge in [-0.25, -0.2) is 0 Å². The van der Waals surface area contributed by atoms with E-state index in [9.17, 15) is 0 Å². The van der Waals surface area contributed by atoms with Crippen LogP contribution in [-0.4, -0.2) is 29.4 Å². The molecule has 2 heterocycles. The summed E-state index contributed by atoms with van der Waals surface area (Å²) in [6.07, 6.45) is 0. The lowest BCUT2D eigenvalue weighted by Gasteiger charge is -2.21. The molecule has 19 heavy (non-hydrogen) atoms. The maximum absolute atomic E-state index is 6.05. The lowest BCUT2D eigenvalue weighted by molar-refractivity contribution is 0.169. The van der Waals surface area contributed by atoms with Gasteiger partial charge in [0.1, 0.15) is 0 Å². The van der Waals surface area contributed by atoms with Gasteiger partial charge in [-0.2, -0.15) is 4.98 Å². The smallest absolute Gasteiger partial charge is 0.236 e. The molecule has 1 saturated heterocycles. The summed E-state index contributed by atoms with van der Waals surface area (Å²) in [5, 5.41) is 4.03. The molecule has 2 N–H and O–H groups in total. The molecule has 1 aliphatic rings. The number of nitrogens with two attached hydrogens (primary N) is 1. The largest absolute Gasteiger partial charge is 0.379 e. The summed E-state index contributed by atoms with van der Waals surface area (Å²) in [5.74, 6) is 1.11. The number of ether oxygens (including phenoxy) is 1. The molecule has 0 radical (unpaired) electrons. The molecule has 2 atom stereocenters. The SMILES string of the molecule is CC1(c2nc(-c3ccc(Br)cc3)no2)COCC1N. The summed E-state index contributed by atoms with van der Waals surface area (Å²) >= 11 is 3.40. The zero-order valence-electron chi connectivity index (χ0n) is 10.5. The highest BCUT2D eigenvalue weighted by molar-refractivity contribution is 9.10. The van der Waals surface area contributed by atoms with Crippen LogP contribution in [0.5, 0.6) is 0 Å². The third kappa shape index (κ3) is 2.20. The van der Waals surface area contributed by atoms with Gasteiger partial charge in [-0.3, -0.25) is 0 Å². The van der Waals surface area contributed by atoms with Crippen LogP contribution in [0.4, 0.5) is 0 Å². The first-order chi connectivity index (χ1) is 9.09. The van der Waals surface area contributed by atoms with Crippen LogP contribution in [0.2, 0.25) is 0 Å². The number of aromatic nitrogens is 2. The maximum Gasteiger partial charge on any atom is 0.236 e. The molecule has 1 fully saturated rings. The van der Waals surface area contributed by atoms with Gasteiger partial charge in [-0.05, 0) is 31.2 Å². The highest BCUT2D eigenvalue weighted by Crippen LogP contribution is 2.32. The first-order valence-electron chi connectivity index (χ1n) is 6.03. The fourth-order valence-electron chi connectivity index (χ4n) is 2.08. The van der Waals surface area contributed by atoms with Crippen molar-refractivity contribution in [2.24, 2.45) is 5.73 Å². The molecular weight excluding hydrogens is 310 g/mol. The molecule has 2 unspecified atom stereocenters. The molecule has 1 aromatic heterocycles. The molecule has 0 aliphatic carbocycles. The number of rotatable bonds is 2. The normalized spacial score (nSPS) is 26.8. The molecule has 2 aromatic rings. The lowest BCUT2D eigenvalue weighted by Crippen LogP contribution is -2.42. The molecule has 0 spiro atoms. The average molecular weight is 324 g/mol. The lowest BCUT2D eigenvalue weighted by atomic mass is 9.86. The monoisotopic (exact) mass is 323 g/mol. The predicted molar refractivity (Wildman–Crippen MR) is 73.6 cm³/mol. The number of benzene rings is 1. The van der Waals surface area contributed by atoms with E-state index in [1.54, 1.807) is 0 Å². The van der Waals surface area contributed by atoms with Crippen LogP contribution in [0.15, 0.2) is 33.3 Å². The van der Waals surface area contributed by atoms with Crippen molar-refractivity contribution in [1.29, 1.82) is 0 Å². The second kappa shape index (κ2) is 4.70. The fourth-order valence-corrected chi connectivity index (χ4v) is 2.35. The van der Waals surface area contributed by atoms with Crippen molar-refractivity contribution >= 4 is 15.9 Å². The zero-order valence-corrected chi connectivity index (χ0v) is 12.1. The van der Waals surface area contributed by atoms with Gasteiger partial charge in [0.25, 0.3) is 0 Å². The van der Waals surface area contributed by atoms with Crippen molar-refractivity contribution in [2.75, 3.05) is 13.2 Å². The topological polar surface area (TPSA) is 74.2 Å². The molecular formula is C13H14BrN3O2. The van der Waals surface area contributed by atoms with Crippen molar-refractivity contribution in [2.45, 2.75) is 18.4 Å². The minimum absolute atomic E-state index is 0.120. The van der Waals surface area contributed by atoms with E-state index in [1.807, 2.05) is 31.2 Å². The zero-order chi connectivity index (χ0) is 13.5. The number of hydrogen-bond acceptors (Lipinski definition) is 5. The van der Waals surface area contributed by atoms with Crippen LogP contribution in [-0.2, 0) is 10.2 Å². The van der Waals surface area contributed by atoms with E-state index in [4.69, 9.17) is 15.0 Å². The van der Waals surface area contributed by atoms with E-state index >= 15 is 0 Å². The van der Waals surface area contributed by atoms with Crippen molar-refractivity contribution < 1.29 is 9.26 Å². The quantitative estimate of drug-likeness (QED) is 0.916. The molecule has 5 nitrogen and oxygen atoms in total. The number of nitrogens with zero attached hydrogens (tertiary/aromatic N) is 2.